The molecule has 0 rings (SSSR count). The zero-order valence-electron chi connectivity index (χ0n) is 3.30. The SMILES string of the molecule is [Li+].[Li+].[O-2].[P].[P]. The first-order chi connectivity index (χ1) is 0. The van der Waals surface area contributed by atoms with Gasteiger partial charge in [0, 0.05) is 19.8 Å². The van der Waals surface area contributed by atoms with Crippen molar-refractivity contribution in [3.05, 3.63) is 0 Å². The summed E-state index contributed by atoms with van der Waals surface area (Å²) < 4.78 is 0. The third kappa shape index (κ3) is 23.9. The van der Waals surface area contributed by atoms with Crippen molar-refractivity contribution in [2.45, 2.75) is 0 Å². The van der Waals surface area contributed by atoms with Gasteiger partial charge in [-0.1, -0.05) is 0 Å². The van der Waals surface area contributed by atoms with Crippen molar-refractivity contribution < 1.29 is 43.2 Å². The minimum atomic E-state index is 0. The van der Waals surface area contributed by atoms with Crippen LogP contribution in [0.5, 0.6) is 0 Å². The molecule has 0 spiro atoms. The molecule has 1 nitrogen and oxygen atoms in total. The molecule has 18 valence electrons. The van der Waals surface area contributed by atoms with Gasteiger partial charge >= 0.3 is 37.7 Å². The Bertz CT molecular complexity index is 7.61. The summed E-state index contributed by atoms with van der Waals surface area (Å²) in [5.41, 5.74) is 0. The summed E-state index contributed by atoms with van der Waals surface area (Å²) in [6.45, 7) is 0. The van der Waals surface area contributed by atoms with E-state index in [4.69, 9.17) is 0 Å². The monoisotopic (exact) mass is 92.0 g/mol. The average molecular weight is 91.8 g/mol. The smallest absolute Gasteiger partial charge is 1.00 e. The number of hydrogen-bond acceptors (Lipinski definition) is 0. The van der Waals surface area contributed by atoms with Gasteiger partial charge in [0.1, 0.15) is 0 Å². The van der Waals surface area contributed by atoms with Gasteiger partial charge in [0.15, 0.2) is 0 Å². The standard InChI is InChI=1S/2Li.O.2P/q2*+1;-2;;. The van der Waals surface area contributed by atoms with Crippen LogP contribution in [0, 0.1) is 0 Å². The Morgan fingerprint density at radius 1 is 0.600 bits per heavy atom. The molecule has 6 radical (unpaired) electrons. The molecule has 0 aromatic carbocycles. The molecule has 0 aliphatic heterocycles. The first kappa shape index (κ1) is 62.5. The normalized spacial score (nSPS) is 0. The van der Waals surface area contributed by atoms with E-state index in [1.54, 1.807) is 0 Å². The second-order valence-corrected chi connectivity index (χ2v) is 0. The summed E-state index contributed by atoms with van der Waals surface area (Å²) in [4.78, 5) is 0. The van der Waals surface area contributed by atoms with E-state index in [2.05, 4.69) is 0 Å². The Labute approximate surface area is 62.9 Å². The summed E-state index contributed by atoms with van der Waals surface area (Å²) in [5.74, 6) is 0. The molecule has 0 aromatic heterocycles. The first-order valence-electron chi connectivity index (χ1n) is 0. The minimum Gasteiger partial charge on any atom is -2.00 e. The van der Waals surface area contributed by atoms with Crippen molar-refractivity contribution in [1.82, 2.24) is 0 Å². The maximum atomic E-state index is 0. The molecular weight excluding hydrogens is 91.8 g/mol. The predicted molar refractivity (Wildman–Crippen MR) is 14.5 cm³/mol. The topological polar surface area (TPSA) is 28.5 Å². The predicted octanol–water partition coefficient (Wildman–Crippen LogP) is -4.39. The van der Waals surface area contributed by atoms with Gasteiger partial charge in [-0.05, 0) is 0 Å². The molecule has 0 aromatic rings. The Balaban J connectivity index is 0. The largest absolute Gasteiger partial charge is 2.00 e. The molecule has 5 heteroatoms. The van der Waals surface area contributed by atoms with E-state index >= 15 is 0 Å². The Morgan fingerprint density at radius 2 is 0.600 bits per heavy atom. The second kappa shape index (κ2) is 37.3. The van der Waals surface area contributed by atoms with Gasteiger partial charge in [-0.15, -0.1) is 0 Å². The second-order valence-electron chi connectivity index (χ2n) is 0. The van der Waals surface area contributed by atoms with Crippen LogP contribution in [0.2, 0.25) is 0 Å². The third-order valence-corrected chi connectivity index (χ3v) is 0. The van der Waals surface area contributed by atoms with Gasteiger partial charge in [-0.2, -0.15) is 0 Å². The van der Waals surface area contributed by atoms with Crippen molar-refractivity contribution in [1.29, 1.82) is 0 Å². The van der Waals surface area contributed by atoms with Gasteiger partial charge in [-0.3, -0.25) is 0 Å². The molecule has 0 bridgehead atoms. The fourth-order valence-electron chi connectivity index (χ4n) is 0. The van der Waals surface area contributed by atoms with Crippen molar-refractivity contribution in [2.24, 2.45) is 0 Å². The Hall–Kier alpha value is 2.01. The summed E-state index contributed by atoms with van der Waals surface area (Å²) in [6, 6.07) is 0. The van der Waals surface area contributed by atoms with Crippen LogP contribution in [-0.4, -0.2) is 0 Å². The molecule has 5 heavy (non-hydrogen) atoms. The van der Waals surface area contributed by atoms with Crippen LogP contribution in [0.4, 0.5) is 0 Å². The fourth-order valence-corrected chi connectivity index (χ4v) is 0. The average Bonchev–Trinajstić information content (AvgIpc) is 0. The molecule has 0 N–H and O–H groups in total. The van der Waals surface area contributed by atoms with Crippen molar-refractivity contribution in [2.75, 3.05) is 0 Å². The van der Waals surface area contributed by atoms with E-state index in [0.717, 1.165) is 0 Å². The van der Waals surface area contributed by atoms with Crippen LogP contribution in [0.25, 0.3) is 0 Å². The van der Waals surface area contributed by atoms with E-state index in [9.17, 15) is 0 Å². The molecule has 0 atom stereocenters. The van der Waals surface area contributed by atoms with E-state index in [-0.39, 0.29) is 63.0 Å². The van der Waals surface area contributed by atoms with Gasteiger partial charge in [0.05, 0.1) is 0 Å². The van der Waals surface area contributed by atoms with E-state index in [1.807, 2.05) is 0 Å². The van der Waals surface area contributed by atoms with Gasteiger partial charge in [-0.25, -0.2) is 0 Å². The van der Waals surface area contributed by atoms with E-state index < -0.39 is 0 Å². The molecular formula is Li2OP2. The van der Waals surface area contributed by atoms with Crippen LogP contribution in [0.3, 0.4) is 0 Å². The molecule has 0 unspecified atom stereocenters. The summed E-state index contributed by atoms with van der Waals surface area (Å²) in [6.07, 6.45) is 0. The Kier molecular flexibility index (Phi) is 466. The number of hydrogen-bond donors (Lipinski definition) is 0. The molecule has 0 fully saturated rings. The van der Waals surface area contributed by atoms with E-state index in [0.29, 0.717) is 0 Å². The zero-order chi connectivity index (χ0) is 0. The molecule has 0 aliphatic carbocycles. The molecule has 0 saturated heterocycles. The van der Waals surface area contributed by atoms with Crippen LogP contribution in [0.15, 0.2) is 0 Å². The van der Waals surface area contributed by atoms with Crippen LogP contribution >= 0.6 is 19.8 Å². The molecule has 0 aliphatic rings. The maximum absolute atomic E-state index is 0. The zero-order valence-corrected chi connectivity index (χ0v) is 5.09. The van der Waals surface area contributed by atoms with Gasteiger partial charge < -0.3 is 5.48 Å². The minimum absolute atomic E-state index is 0. The molecule has 0 heterocycles. The van der Waals surface area contributed by atoms with Crippen molar-refractivity contribution in [3.8, 4) is 0 Å². The van der Waals surface area contributed by atoms with Crippen LogP contribution in [-0.2, 0) is 5.48 Å². The molecule has 0 amide bonds. The number of rotatable bonds is 0. The van der Waals surface area contributed by atoms with Gasteiger partial charge in [0.2, 0.25) is 0 Å². The molecule has 0 saturated carbocycles. The third-order valence-electron chi connectivity index (χ3n) is 0. The quantitative estimate of drug-likeness (QED) is 0.213. The first-order valence-corrected chi connectivity index (χ1v) is 0. The maximum Gasteiger partial charge on any atom is 1.00 e. The van der Waals surface area contributed by atoms with Gasteiger partial charge in [0.25, 0.3) is 0 Å². The fraction of sp³-hybridized carbons (Fsp3) is 0. The van der Waals surface area contributed by atoms with Crippen LogP contribution < -0.4 is 37.7 Å². The van der Waals surface area contributed by atoms with E-state index in [1.165, 1.54) is 0 Å². The Morgan fingerprint density at radius 3 is 0.600 bits per heavy atom. The van der Waals surface area contributed by atoms with Crippen LogP contribution in [0.1, 0.15) is 0 Å². The van der Waals surface area contributed by atoms with Crippen molar-refractivity contribution >= 4 is 19.8 Å². The summed E-state index contributed by atoms with van der Waals surface area (Å²) in [5, 5.41) is 0. The summed E-state index contributed by atoms with van der Waals surface area (Å²) in [7, 11) is 0. The van der Waals surface area contributed by atoms with Crippen molar-refractivity contribution in [3.63, 3.8) is 0 Å². The summed E-state index contributed by atoms with van der Waals surface area (Å²) >= 11 is 0.